The second kappa shape index (κ2) is 15.6. The Labute approximate surface area is 351 Å². The Balaban J connectivity index is 1.03. The highest BCUT2D eigenvalue weighted by molar-refractivity contribution is 5.86. The molecule has 3 aliphatic carbocycles. The van der Waals surface area contributed by atoms with Crippen molar-refractivity contribution in [3.8, 4) is 11.1 Å². The Morgan fingerprint density at radius 1 is 0.441 bits per heavy atom. The minimum absolute atomic E-state index is 0.0726. The summed E-state index contributed by atoms with van der Waals surface area (Å²) >= 11 is 0. The van der Waals surface area contributed by atoms with Gasteiger partial charge < -0.3 is 9.80 Å². The average Bonchev–Trinajstić information content (AvgIpc) is 3.53. The maximum atomic E-state index is 2.48. The van der Waals surface area contributed by atoms with Gasteiger partial charge in [0.1, 0.15) is 0 Å². The van der Waals surface area contributed by atoms with Crippen molar-refractivity contribution < 1.29 is 0 Å². The Kier molecular flexibility index (Phi) is 9.81. The fourth-order valence-electron chi connectivity index (χ4n) is 10.5. The lowest BCUT2D eigenvalue weighted by molar-refractivity contribution is 0.443. The fourth-order valence-corrected chi connectivity index (χ4v) is 10.5. The SMILES string of the molecule is CC1(C)c2ccccc2-c2ccc(N(c3ccc(C4CCCCC4)cc3)c3ccc(C4(c5ccc(N(c6ccccc6)c6ccccc6)cc5)C=CCCC4)cc3)cc21. The van der Waals surface area contributed by atoms with E-state index in [2.05, 4.69) is 212 Å². The van der Waals surface area contributed by atoms with Crippen molar-refractivity contribution in [1.82, 2.24) is 0 Å². The molecule has 0 amide bonds. The number of fused-ring (bicyclic) bond motifs is 3. The summed E-state index contributed by atoms with van der Waals surface area (Å²) < 4.78 is 0. The van der Waals surface area contributed by atoms with Crippen molar-refractivity contribution in [2.24, 2.45) is 0 Å². The van der Waals surface area contributed by atoms with Crippen LogP contribution in [0.25, 0.3) is 11.1 Å². The van der Waals surface area contributed by atoms with Crippen LogP contribution in [-0.2, 0) is 10.8 Å². The molecule has 59 heavy (non-hydrogen) atoms. The molecule has 0 radical (unpaired) electrons. The topological polar surface area (TPSA) is 6.48 Å². The average molecular weight is 767 g/mol. The maximum Gasteiger partial charge on any atom is 0.0465 e. The summed E-state index contributed by atoms with van der Waals surface area (Å²) in [5.74, 6) is 0.679. The predicted molar refractivity (Wildman–Crippen MR) is 249 cm³/mol. The third kappa shape index (κ3) is 6.79. The van der Waals surface area contributed by atoms with Crippen LogP contribution in [0.2, 0.25) is 0 Å². The molecule has 0 aromatic heterocycles. The molecular formula is C57H54N2. The van der Waals surface area contributed by atoms with Crippen molar-refractivity contribution in [3.63, 3.8) is 0 Å². The third-order valence-electron chi connectivity index (χ3n) is 13.7. The third-order valence-corrected chi connectivity index (χ3v) is 13.7. The monoisotopic (exact) mass is 766 g/mol. The van der Waals surface area contributed by atoms with Crippen molar-refractivity contribution in [2.45, 2.75) is 82.0 Å². The minimum Gasteiger partial charge on any atom is -0.311 e. The van der Waals surface area contributed by atoms with Gasteiger partial charge in [-0.1, -0.05) is 148 Å². The normalized spacial score (nSPS) is 18.2. The van der Waals surface area contributed by atoms with Gasteiger partial charge in [-0.15, -0.1) is 0 Å². The number of benzene rings is 7. The van der Waals surface area contributed by atoms with E-state index in [-0.39, 0.29) is 10.8 Å². The molecule has 1 saturated carbocycles. The molecule has 3 aliphatic rings. The van der Waals surface area contributed by atoms with Gasteiger partial charge in [0.05, 0.1) is 0 Å². The molecule has 0 spiro atoms. The van der Waals surface area contributed by atoms with Crippen LogP contribution in [0, 0.1) is 0 Å². The number of allylic oxidation sites excluding steroid dienone is 2. The Morgan fingerprint density at radius 2 is 0.932 bits per heavy atom. The van der Waals surface area contributed by atoms with Gasteiger partial charge in [0.2, 0.25) is 0 Å². The number of rotatable bonds is 9. The van der Waals surface area contributed by atoms with Gasteiger partial charge in [-0.25, -0.2) is 0 Å². The van der Waals surface area contributed by atoms with E-state index in [9.17, 15) is 0 Å². The van der Waals surface area contributed by atoms with Crippen LogP contribution in [0.5, 0.6) is 0 Å². The summed E-state index contributed by atoms with van der Waals surface area (Å²) in [6, 6.07) is 65.9. The number of anilines is 6. The van der Waals surface area contributed by atoms with Crippen LogP contribution in [-0.4, -0.2) is 0 Å². The highest BCUT2D eigenvalue weighted by Gasteiger charge is 2.36. The van der Waals surface area contributed by atoms with Gasteiger partial charge in [-0.05, 0) is 150 Å². The number of hydrogen-bond acceptors (Lipinski definition) is 2. The predicted octanol–water partition coefficient (Wildman–Crippen LogP) is 16.0. The van der Waals surface area contributed by atoms with E-state index in [1.54, 1.807) is 0 Å². The summed E-state index contributed by atoms with van der Waals surface area (Å²) in [5, 5.41) is 0. The van der Waals surface area contributed by atoms with Crippen molar-refractivity contribution >= 4 is 34.1 Å². The molecule has 0 aliphatic heterocycles. The van der Waals surface area contributed by atoms with E-state index in [4.69, 9.17) is 0 Å². The highest BCUT2D eigenvalue weighted by Crippen LogP contribution is 2.51. The summed E-state index contributed by atoms with van der Waals surface area (Å²) in [6.07, 6.45) is 14.9. The zero-order valence-corrected chi connectivity index (χ0v) is 34.5. The fraction of sp³-hybridized carbons (Fsp3) is 0.228. The summed E-state index contributed by atoms with van der Waals surface area (Å²) in [5.41, 5.74) is 16.4. The van der Waals surface area contributed by atoms with Gasteiger partial charge in [0.15, 0.2) is 0 Å². The van der Waals surface area contributed by atoms with Gasteiger partial charge in [0.25, 0.3) is 0 Å². The van der Waals surface area contributed by atoms with Crippen molar-refractivity contribution in [2.75, 3.05) is 9.80 Å². The molecule has 7 aromatic carbocycles. The maximum absolute atomic E-state index is 2.48. The number of para-hydroxylation sites is 2. The first-order valence-electron chi connectivity index (χ1n) is 21.9. The molecule has 7 aromatic rings. The van der Waals surface area contributed by atoms with Gasteiger partial charge in [-0.3, -0.25) is 0 Å². The molecule has 1 atom stereocenters. The lowest BCUT2D eigenvalue weighted by atomic mass is 9.69. The molecular weight excluding hydrogens is 713 g/mol. The summed E-state index contributed by atoms with van der Waals surface area (Å²) in [7, 11) is 0. The quantitative estimate of drug-likeness (QED) is 0.135. The lowest BCUT2D eigenvalue weighted by Gasteiger charge is -2.36. The second-order valence-electron chi connectivity index (χ2n) is 17.5. The Bertz CT molecular complexity index is 2520. The van der Waals surface area contributed by atoms with Crippen LogP contribution >= 0.6 is 0 Å². The van der Waals surface area contributed by atoms with Crippen LogP contribution in [0.3, 0.4) is 0 Å². The molecule has 0 N–H and O–H groups in total. The smallest absolute Gasteiger partial charge is 0.0465 e. The van der Waals surface area contributed by atoms with Gasteiger partial charge >= 0.3 is 0 Å². The largest absolute Gasteiger partial charge is 0.311 e. The number of hydrogen-bond donors (Lipinski definition) is 0. The molecule has 0 heterocycles. The molecule has 2 heteroatoms. The van der Waals surface area contributed by atoms with E-state index in [0.29, 0.717) is 5.92 Å². The molecule has 1 fully saturated rings. The van der Waals surface area contributed by atoms with E-state index < -0.39 is 0 Å². The molecule has 1 unspecified atom stereocenters. The second-order valence-corrected chi connectivity index (χ2v) is 17.5. The molecule has 0 bridgehead atoms. The van der Waals surface area contributed by atoms with E-state index in [1.165, 1.54) is 88.1 Å². The van der Waals surface area contributed by atoms with Crippen LogP contribution < -0.4 is 9.80 Å². The number of nitrogens with zero attached hydrogens (tertiary/aromatic N) is 2. The molecule has 2 nitrogen and oxygen atoms in total. The van der Waals surface area contributed by atoms with E-state index in [0.717, 1.165) is 36.3 Å². The van der Waals surface area contributed by atoms with Crippen LogP contribution in [0.4, 0.5) is 34.1 Å². The van der Waals surface area contributed by atoms with E-state index >= 15 is 0 Å². The van der Waals surface area contributed by atoms with Crippen molar-refractivity contribution in [3.05, 3.63) is 216 Å². The van der Waals surface area contributed by atoms with Crippen molar-refractivity contribution in [1.29, 1.82) is 0 Å². The zero-order valence-electron chi connectivity index (χ0n) is 34.5. The first-order valence-corrected chi connectivity index (χ1v) is 21.9. The van der Waals surface area contributed by atoms with Gasteiger partial charge in [-0.2, -0.15) is 0 Å². The van der Waals surface area contributed by atoms with E-state index in [1.807, 2.05) is 0 Å². The minimum atomic E-state index is -0.199. The standard InChI is InChI=1S/C57H54N2/c1-56(2)54-24-14-13-23-52(54)53-38-37-51(41-55(53)56)59(48-31-25-43(26-32-48)42-17-7-3-8-18-42)50-35-29-45(30-36-50)57(39-15-6-16-40-57)44-27-33-49(34-28-44)58(46-19-9-4-10-20-46)47-21-11-5-12-22-47/h4-5,9-15,19-39,41-42H,3,6-8,16-18,40H2,1-2H3. The lowest BCUT2D eigenvalue weighted by Crippen LogP contribution is -2.27. The molecule has 0 saturated heterocycles. The first-order chi connectivity index (χ1) is 29.0. The highest BCUT2D eigenvalue weighted by atomic mass is 15.1. The Morgan fingerprint density at radius 3 is 1.51 bits per heavy atom. The first kappa shape index (κ1) is 37.2. The Hall–Kier alpha value is -6.12. The van der Waals surface area contributed by atoms with Crippen LogP contribution in [0.1, 0.15) is 98.9 Å². The molecule has 10 rings (SSSR count). The van der Waals surface area contributed by atoms with Crippen LogP contribution in [0.15, 0.2) is 188 Å². The molecule has 292 valence electrons. The summed E-state index contributed by atoms with van der Waals surface area (Å²) in [4.78, 5) is 4.82. The summed E-state index contributed by atoms with van der Waals surface area (Å²) in [6.45, 7) is 4.76. The van der Waals surface area contributed by atoms with Gasteiger partial charge in [0, 0.05) is 45.0 Å². The zero-order chi connectivity index (χ0) is 39.8.